The molecule has 1 atom stereocenters. The lowest BCUT2D eigenvalue weighted by Crippen LogP contribution is -2.41. The van der Waals surface area contributed by atoms with Crippen molar-refractivity contribution in [3.63, 3.8) is 0 Å². The van der Waals surface area contributed by atoms with Gasteiger partial charge in [0, 0.05) is 7.05 Å². The number of benzene rings is 1. The number of nitrogens with zero attached hydrogens (tertiary/aromatic N) is 2. The molecule has 1 saturated carbocycles. The number of aliphatic hydroxyl groups excluding tert-OH is 1. The zero-order valence-corrected chi connectivity index (χ0v) is 13.6. The average molecular weight is 333 g/mol. The van der Waals surface area contributed by atoms with Gasteiger partial charge in [-0.1, -0.05) is 6.07 Å². The van der Waals surface area contributed by atoms with E-state index in [1.54, 1.807) is 30.1 Å². The van der Waals surface area contributed by atoms with Crippen molar-refractivity contribution in [2.45, 2.75) is 25.0 Å². The number of nitrogens with one attached hydrogen (secondary N) is 1. The molecular weight excluding hydrogens is 313 g/mol. The number of carbonyl (C=O) groups excluding carboxylic acids is 1. The van der Waals surface area contributed by atoms with E-state index in [4.69, 9.17) is 4.74 Å². The highest BCUT2D eigenvalue weighted by molar-refractivity contribution is 5.92. The molecule has 1 heterocycles. The third-order valence-electron chi connectivity index (χ3n) is 4.49. The molecular formula is C17H20FN3O3. The van der Waals surface area contributed by atoms with Crippen molar-refractivity contribution in [3.05, 3.63) is 47.8 Å². The molecule has 1 aromatic carbocycles. The molecule has 1 amide bonds. The van der Waals surface area contributed by atoms with Crippen LogP contribution in [0.3, 0.4) is 0 Å². The van der Waals surface area contributed by atoms with Gasteiger partial charge in [-0.25, -0.2) is 9.37 Å². The Labute approximate surface area is 139 Å². The summed E-state index contributed by atoms with van der Waals surface area (Å²) in [5.74, 6) is -0.540. The normalized spacial score (nSPS) is 21.0. The van der Waals surface area contributed by atoms with Crippen molar-refractivity contribution in [2.75, 3.05) is 7.11 Å². The molecule has 0 radical (unpaired) electrons. The standard InChI is InChI=1S/C17H20FN3O3/c1-21-9-19-8-14(21)17(23)20-16(11-5-12(22)6-11)10-3-4-15(24-2)13(18)7-10/h3-4,7-9,11-12,16,22H,5-6H2,1-2H3,(H,20,23)/t11?,12?,16-/m0/s1. The Morgan fingerprint density at radius 1 is 1.50 bits per heavy atom. The third kappa shape index (κ3) is 3.12. The van der Waals surface area contributed by atoms with Crippen LogP contribution in [0.1, 0.15) is 34.9 Å². The SMILES string of the molecule is COc1ccc([C@H](NC(=O)c2cncn2C)C2CC(O)C2)cc1F. The van der Waals surface area contributed by atoms with Crippen LogP contribution in [0.5, 0.6) is 5.75 Å². The van der Waals surface area contributed by atoms with Crippen LogP contribution in [0.2, 0.25) is 0 Å². The number of carbonyl (C=O) groups is 1. The van der Waals surface area contributed by atoms with Crippen LogP contribution >= 0.6 is 0 Å². The summed E-state index contributed by atoms with van der Waals surface area (Å²) in [5, 5.41) is 12.5. The van der Waals surface area contributed by atoms with Crippen LogP contribution in [-0.4, -0.2) is 33.8 Å². The molecule has 6 nitrogen and oxygen atoms in total. The first kappa shape index (κ1) is 16.4. The molecule has 0 bridgehead atoms. The van der Waals surface area contributed by atoms with E-state index in [1.807, 2.05) is 0 Å². The molecule has 1 aliphatic carbocycles. The molecule has 1 fully saturated rings. The highest BCUT2D eigenvalue weighted by atomic mass is 19.1. The minimum atomic E-state index is -0.477. The molecule has 7 heteroatoms. The number of aryl methyl sites for hydroxylation is 1. The van der Waals surface area contributed by atoms with Gasteiger partial charge in [-0.05, 0) is 36.5 Å². The summed E-state index contributed by atoms with van der Waals surface area (Å²) in [6, 6.07) is 4.28. The highest BCUT2D eigenvalue weighted by Gasteiger charge is 2.36. The van der Waals surface area contributed by atoms with Crippen molar-refractivity contribution in [1.29, 1.82) is 0 Å². The Balaban J connectivity index is 1.85. The molecule has 0 saturated heterocycles. The van der Waals surface area contributed by atoms with Gasteiger partial charge in [-0.2, -0.15) is 0 Å². The van der Waals surface area contributed by atoms with Crippen LogP contribution in [0, 0.1) is 11.7 Å². The van der Waals surface area contributed by atoms with Gasteiger partial charge in [0.05, 0.1) is 31.8 Å². The first-order valence-corrected chi connectivity index (χ1v) is 7.78. The Hall–Kier alpha value is -2.41. The van der Waals surface area contributed by atoms with Gasteiger partial charge in [-0.3, -0.25) is 4.79 Å². The van der Waals surface area contributed by atoms with Crippen LogP contribution in [-0.2, 0) is 7.05 Å². The number of aliphatic hydroxyl groups is 1. The molecule has 3 rings (SSSR count). The number of amides is 1. The van der Waals surface area contributed by atoms with E-state index in [9.17, 15) is 14.3 Å². The number of halogens is 1. The summed E-state index contributed by atoms with van der Waals surface area (Å²) < 4.78 is 20.6. The minimum Gasteiger partial charge on any atom is -0.494 e. The van der Waals surface area contributed by atoms with E-state index in [0.717, 1.165) is 0 Å². The fraction of sp³-hybridized carbons (Fsp3) is 0.412. The van der Waals surface area contributed by atoms with Gasteiger partial charge in [0.25, 0.3) is 5.91 Å². The topological polar surface area (TPSA) is 76.4 Å². The summed E-state index contributed by atoms with van der Waals surface area (Å²) in [6.07, 6.45) is 3.81. The summed E-state index contributed by atoms with van der Waals surface area (Å²) >= 11 is 0. The number of rotatable bonds is 5. The van der Waals surface area contributed by atoms with Gasteiger partial charge in [0.2, 0.25) is 0 Å². The Kier molecular flexibility index (Phi) is 4.53. The maximum atomic E-state index is 14.0. The van der Waals surface area contributed by atoms with Crippen LogP contribution in [0.25, 0.3) is 0 Å². The van der Waals surface area contributed by atoms with Gasteiger partial charge >= 0.3 is 0 Å². The predicted molar refractivity (Wildman–Crippen MR) is 85.1 cm³/mol. The lowest BCUT2D eigenvalue weighted by Gasteiger charge is -2.38. The molecule has 128 valence electrons. The zero-order chi connectivity index (χ0) is 17.3. The van der Waals surface area contributed by atoms with E-state index in [-0.39, 0.29) is 29.7 Å². The smallest absolute Gasteiger partial charge is 0.270 e. The van der Waals surface area contributed by atoms with Crippen molar-refractivity contribution in [3.8, 4) is 5.75 Å². The van der Waals surface area contributed by atoms with E-state index in [2.05, 4.69) is 10.3 Å². The zero-order valence-electron chi connectivity index (χ0n) is 13.6. The summed E-state index contributed by atoms with van der Waals surface area (Å²) in [7, 11) is 3.14. The van der Waals surface area contributed by atoms with E-state index >= 15 is 0 Å². The Morgan fingerprint density at radius 3 is 2.79 bits per heavy atom. The monoisotopic (exact) mass is 333 g/mol. The van der Waals surface area contributed by atoms with Crippen molar-refractivity contribution in [2.24, 2.45) is 13.0 Å². The lowest BCUT2D eigenvalue weighted by atomic mass is 9.75. The highest BCUT2D eigenvalue weighted by Crippen LogP contribution is 2.39. The molecule has 24 heavy (non-hydrogen) atoms. The summed E-state index contributed by atoms with van der Waals surface area (Å²) in [4.78, 5) is 16.4. The third-order valence-corrected chi connectivity index (χ3v) is 4.49. The first-order chi connectivity index (χ1) is 11.5. The van der Waals surface area contributed by atoms with Gasteiger partial charge in [0.1, 0.15) is 5.69 Å². The fourth-order valence-electron chi connectivity index (χ4n) is 3.04. The van der Waals surface area contributed by atoms with Crippen molar-refractivity contribution < 1.29 is 19.0 Å². The average Bonchev–Trinajstić information content (AvgIpc) is 2.96. The molecule has 0 unspecified atom stereocenters. The number of ether oxygens (including phenoxy) is 1. The maximum Gasteiger partial charge on any atom is 0.270 e. The van der Waals surface area contributed by atoms with Gasteiger partial charge in [0.15, 0.2) is 11.6 Å². The number of imidazole rings is 1. The first-order valence-electron chi connectivity index (χ1n) is 7.78. The quantitative estimate of drug-likeness (QED) is 0.875. The van der Waals surface area contributed by atoms with E-state index in [1.165, 1.54) is 19.4 Å². The Morgan fingerprint density at radius 2 is 2.25 bits per heavy atom. The molecule has 1 aliphatic rings. The minimum absolute atomic E-state index is 0.0602. The summed E-state index contributed by atoms with van der Waals surface area (Å²) in [5.41, 5.74) is 1.08. The second kappa shape index (κ2) is 6.60. The molecule has 1 aromatic heterocycles. The van der Waals surface area contributed by atoms with Crippen molar-refractivity contribution >= 4 is 5.91 Å². The number of aromatic nitrogens is 2. The van der Waals surface area contributed by atoms with Crippen LogP contribution in [0.4, 0.5) is 4.39 Å². The molecule has 2 N–H and O–H groups in total. The molecule has 2 aromatic rings. The van der Waals surface area contributed by atoms with Crippen molar-refractivity contribution in [1.82, 2.24) is 14.9 Å². The maximum absolute atomic E-state index is 14.0. The van der Waals surface area contributed by atoms with Gasteiger partial charge in [-0.15, -0.1) is 0 Å². The summed E-state index contributed by atoms with van der Waals surface area (Å²) in [6.45, 7) is 0. The number of hydrogen-bond acceptors (Lipinski definition) is 4. The number of hydrogen-bond donors (Lipinski definition) is 2. The largest absolute Gasteiger partial charge is 0.494 e. The molecule has 0 spiro atoms. The van der Waals surface area contributed by atoms with E-state index < -0.39 is 5.82 Å². The van der Waals surface area contributed by atoms with Gasteiger partial charge < -0.3 is 19.7 Å². The number of methoxy groups -OCH3 is 1. The van der Waals surface area contributed by atoms with E-state index in [0.29, 0.717) is 24.1 Å². The predicted octanol–water partition coefficient (Wildman–Crippen LogP) is 1.81. The Bertz CT molecular complexity index is 740. The lowest BCUT2D eigenvalue weighted by molar-refractivity contribution is 0.0234. The second-order valence-electron chi connectivity index (χ2n) is 6.12. The van der Waals surface area contributed by atoms with Crippen LogP contribution < -0.4 is 10.1 Å². The van der Waals surface area contributed by atoms with Crippen LogP contribution in [0.15, 0.2) is 30.7 Å². The second-order valence-corrected chi connectivity index (χ2v) is 6.12. The molecule has 0 aliphatic heterocycles. The fourth-order valence-corrected chi connectivity index (χ4v) is 3.04.